The van der Waals surface area contributed by atoms with Crippen molar-refractivity contribution in [2.75, 3.05) is 29.9 Å². The van der Waals surface area contributed by atoms with Crippen molar-refractivity contribution in [2.24, 2.45) is 5.73 Å². The maximum Gasteiger partial charge on any atom is 0.229 e. The van der Waals surface area contributed by atoms with E-state index in [9.17, 15) is 0 Å². The quantitative estimate of drug-likeness (QED) is 0.365. The summed E-state index contributed by atoms with van der Waals surface area (Å²) in [6.07, 6.45) is -0.658. The van der Waals surface area contributed by atoms with Gasteiger partial charge in [-0.2, -0.15) is 15.0 Å². The van der Waals surface area contributed by atoms with Gasteiger partial charge in [0.05, 0.1) is 6.10 Å². The van der Waals surface area contributed by atoms with Crippen molar-refractivity contribution in [3.05, 3.63) is 0 Å². The molecular weight excluding hydrogens is 186 g/mol. The summed E-state index contributed by atoms with van der Waals surface area (Å²) in [7, 11) is 0. The zero-order valence-corrected chi connectivity index (χ0v) is 7.51. The summed E-state index contributed by atoms with van der Waals surface area (Å²) < 4.78 is 0. The largest absolute Gasteiger partial charge is 0.390 e. The lowest BCUT2D eigenvalue weighted by atomic mass is 10.4. The molecule has 8 nitrogen and oxygen atoms in total. The first-order valence-corrected chi connectivity index (χ1v) is 4.01. The summed E-state index contributed by atoms with van der Waals surface area (Å²) in [6, 6.07) is 0. The van der Waals surface area contributed by atoms with Crippen LogP contribution in [0.5, 0.6) is 0 Å². The van der Waals surface area contributed by atoms with Gasteiger partial charge in [-0.3, -0.25) is 0 Å². The molecule has 1 unspecified atom stereocenters. The summed E-state index contributed by atoms with van der Waals surface area (Å²) in [4.78, 5) is 11.1. The molecule has 0 fully saturated rings. The van der Waals surface area contributed by atoms with Gasteiger partial charge in [0.25, 0.3) is 0 Å². The molecule has 0 aliphatic carbocycles. The molecule has 0 saturated heterocycles. The van der Waals surface area contributed by atoms with Crippen molar-refractivity contribution in [1.29, 1.82) is 0 Å². The highest BCUT2D eigenvalue weighted by atomic mass is 16.3. The Morgan fingerprint density at radius 3 is 2.29 bits per heavy atom. The lowest BCUT2D eigenvalue weighted by Gasteiger charge is -2.09. The predicted molar refractivity (Wildman–Crippen MR) is 52.2 cm³/mol. The van der Waals surface area contributed by atoms with E-state index in [0.29, 0.717) is 0 Å². The monoisotopic (exact) mass is 199 g/mol. The second kappa shape index (κ2) is 4.53. The minimum atomic E-state index is -0.658. The van der Waals surface area contributed by atoms with Gasteiger partial charge in [-0.1, -0.05) is 0 Å². The van der Waals surface area contributed by atoms with E-state index in [1.807, 2.05) is 0 Å². The number of rotatable bonds is 4. The van der Waals surface area contributed by atoms with E-state index in [2.05, 4.69) is 20.3 Å². The second-order valence-corrected chi connectivity index (χ2v) is 2.65. The number of nitrogens with two attached hydrogens (primary N) is 3. The molecule has 14 heavy (non-hydrogen) atoms. The van der Waals surface area contributed by atoms with Crippen LogP contribution in [0.2, 0.25) is 0 Å². The Morgan fingerprint density at radius 2 is 1.79 bits per heavy atom. The lowest BCUT2D eigenvalue weighted by Crippen LogP contribution is -2.28. The molecule has 0 bridgehead atoms. The van der Waals surface area contributed by atoms with Gasteiger partial charge in [-0.15, -0.1) is 0 Å². The highest BCUT2D eigenvalue weighted by molar-refractivity contribution is 5.37. The lowest BCUT2D eigenvalue weighted by molar-refractivity contribution is 0.196. The molecule has 0 aliphatic heterocycles. The summed E-state index contributed by atoms with van der Waals surface area (Å²) in [6.45, 7) is 0.391. The van der Waals surface area contributed by atoms with Crippen molar-refractivity contribution in [2.45, 2.75) is 6.10 Å². The standard InChI is InChI=1S/C6H13N7O/c7-1-3(14)2-10-6-12-4(8)11-5(9)13-6/h3,14H,1-2,7H2,(H5,8,9,10,11,12,13). The number of aliphatic hydroxyl groups excluding tert-OH is 1. The van der Waals surface area contributed by atoms with Crippen LogP contribution in [-0.2, 0) is 0 Å². The SMILES string of the molecule is NCC(O)CNc1nc(N)nc(N)n1. The topological polar surface area (TPSA) is 149 Å². The van der Waals surface area contributed by atoms with Gasteiger partial charge < -0.3 is 27.6 Å². The predicted octanol–water partition coefficient (Wildman–Crippen LogP) is -2.23. The van der Waals surface area contributed by atoms with Crippen LogP contribution in [0, 0.1) is 0 Å². The number of hydrogen-bond donors (Lipinski definition) is 5. The summed E-state index contributed by atoms with van der Waals surface area (Å²) in [5.41, 5.74) is 15.9. The number of nitrogen functional groups attached to an aromatic ring is 2. The van der Waals surface area contributed by atoms with Gasteiger partial charge in [0, 0.05) is 13.1 Å². The van der Waals surface area contributed by atoms with Gasteiger partial charge in [0.2, 0.25) is 17.8 Å². The van der Waals surface area contributed by atoms with Crippen molar-refractivity contribution >= 4 is 17.8 Å². The zero-order chi connectivity index (χ0) is 10.6. The van der Waals surface area contributed by atoms with Crippen molar-refractivity contribution in [1.82, 2.24) is 15.0 Å². The number of aromatic nitrogens is 3. The molecule has 0 amide bonds. The Bertz CT molecular complexity index is 284. The minimum Gasteiger partial charge on any atom is -0.390 e. The molecule has 1 aromatic rings. The van der Waals surface area contributed by atoms with Gasteiger partial charge in [-0.05, 0) is 0 Å². The number of hydrogen-bond acceptors (Lipinski definition) is 8. The first-order chi connectivity index (χ1) is 6.61. The van der Waals surface area contributed by atoms with Crippen LogP contribution in [0.25, 0.3) is 0 Å². The van der Waals surface area contributed by atoms with Gasteiger partial charge in [0.1, 0.15) is 0 Å². The fourth-order valence-electron chi connectivity index (χ4n) is 0.781. The highest BCUT2D eigenvalue weighted by Crippen LogP contribution is 2.02. The Hall–Kier alpha value is -1.67. The van der Waals surface area contributed by atoms with Crippen molar-refractivity contribution in [3.8, 4) is 0 Å². The van der Waals surface area contributed by atoms with Crippen LogP contribution in [0.3, 0.4) is 0 Å². The molecule has 78 valence electrons. The van der Waals surface area contributed by atoms with Crippen molar-refractivity contribution in [3.63, 3.8) is 0 Å². The maximum atomic E-state index is 9.14. The molecule has 8 heteroatoms. The van der Waals surface area contributed by atoms with E-state index in [4.69, 9.17) is 22.3 Å². The molecule has 0 radical (unpaired) electrons. The van der Waals surface area contributed by atoms with E-state index < -0.39 is 6.10 Å². The Morgan fingerprint density at radius 1 is 1.21 bits per heavy atom. The third-order valence-electron chi connectivity index (χ3n) is 1.44. The molecule has 1 atom stereocenters. The Labute approximate surface area is 80.5 Å². The second-order valence-electron chi connectivity index (χ2n) is 2.65. The summed E-state index contributed by atoms with van der Waals surface area (Å²) in [5.74, 6) is 0.284. The molecule has 1 aromatic heterocycles. The fraction of sp³-hybridized carbons (Fsp3) is 0.500. The average molecular weight is 199 g/mol. The van der Waals surface area contributed by atoms with Gasteiger partial charge >= 0.3 is 0 Å². The molecule has 1 heterocycles. The summed E-state index contributed by atoms with van der Waals surface area (Å²) in [5, 5.41) is 11.9. The van der Waals surface area contributed by atoms with Gasteiger partial charge in [0.15, 0.2) is 0 Å². The van der Waals surface area contributed by atoms with Crippen LogP contribution in [0.1, 0.15) is 0 Å². The van der Waals surface area contributed by atoms with E-state index in [-0.39, 0.29) is 30.9 Å². The van der Waals surface area contributed by atoms with E-state index in [0.717, 1.165) is 0 Å². The number of anilines is 3. The van der Waals surface area contributed by atoms with Crippen LogP contribution < -0.4 is 22.5 Å². The smallest absolute Gasteiger partial charge is 0.229 e. The maximum absolute atomic E-state index is 9.14. The van der Waals surface area contributed by atoms with Crippen molar-refractivity contribution < 1.29 is 5.11 Å². The van der Waals surface area contributed by atoms with Crippen LogP contribution >= 0.6 is 0 Å². The molecule has 0 spiro atoms. The first-order valence-electron chi connectivity index (χ1n) is 4.01. The van der Waals surface area contributed by atoms with Crippen LogP contribution in [0.4, 0.5) is 17.8 Å². The number of nitrogens with zero attached hydrogens (tertiary/aromatic N) is 3. The molecule has 0 aromatic carbocycles. The van der Waals surface area contributed by atoms with E-state index in [1.165, 1.54) is 0 Å². The van der Waals surface area contributed by atoms with Crippen LogP contribution in [0.15, 0.2) is 0 Å². The third kappa shape index (κ3) is 2.99. The Kier molecular flexibility index (Phi) is 3.37. The van der Waals surface area contributed by atoms with Gasteiger partial charge in [-0.25, -0.2) is 0 Å². The Balaban J connectivity index is 2.58. The minimum absolute atomic E-state index is 0.0299. The zero-order valence-electron chi connectivity index (χ0n) is 7.51. The normalized spacial score (nSPS) is 12.4. The highest BCUT2D eigenvalue weighted by Gasteiger charge is 2.04. The molecule has 8 N–H and O–H groups in total. The molecule has 0 aliphatic rings. The average Bonchev–Trinajstić information content (AvgIpc) is 2.12. The van der Waals surface area contributed by atoms with E-state index in [1.54, 1.807) is 0 Å². The summed E-state index contributed by atoms with van der Waals surface area (Å²) >= 11 is 0. The first kappa shape index (κ1) is 10.4. The molecule has 1 rings (SSSR count). The van der Waals surface area contributed by atoms with E-state index >= 15 is 0 Å². The fourth-order valence-corrected chi connectivity index (χ4v) is 0.781. The third-order valence-corrected chi connectivity index (χ3v) is 1.44. The molecule has 0 saturated carbocycles. The number of aliphatic hydroxyl groups is 1. The number of nitrogens with one attached hydrogen (secondary N) is 1. The molecular formula is C6H13N7O. The van der Waals surface area contributed by atoms with Crippen LogP contribution in [-0.4, -0.2) is 39.3 Å².